The van der Waals surface area contributed by atoms with Gasteiger partial charge in [0.1, 0.15) is 17.0 Å². The molecule has 1 aliphatic heterocycles. The van der Waals surface area contributed by atoms with Crippen molar-refractivity contribution in [3.63, 3.8) is 0 Å². The molecule has 28 heavy (non-hydrogen) atoms. The van der Waals surface area contributed by atoms with E-state index in [1.807, 2.05) is 6.92 Å². The minimum Gasteiger partial charge on any atom is -0.376 e. The van der Waals surface area contributed by atoms with Gasteiger partial charge in [0, 0.05) is 19.2 Å². The Balaban J connectivity index is 1.49. The lowest BCUT2D eigenvalue weighted by Gasteiger charge is -2.20. The van der Waals surface area contributed by atoms with Crippen LogP contribution in [0.5, 0.6) is 0 Å². The van der Waals surface area contributed by atoms with Gasteiger partial charge < -0.3 is 15.4 Å². The Morgan fingerprint density at radius 3 is 2.68 bits per heavy atom. The van der Waals surface area contributed by atoms with E-state index < -0.39 is 0 Å². The topological polar surface area (TPSA) is 76.1 Å². The number of carbonyl (C=O) groups is 1. The first kappa shape index (κ1) is 19.6. The van der Waals surface area contributed by atoms with Crippen LogP contribution in [-0.4, -0.2) is 41.2 Å². The molecule has 1 saturated heterocycles. The highest BCUT2D eigenvalue weighted by Crippen LogP contribution is 2.33. The lowest BCUT2D eigenvalue weighted by Crippen LogP contribution is -2.35. The summed E-state index contributed by atoms with van der Waals surface area (Å²) >= 11 is 1.47. The number of nitrogens with one attached hydrogen (secondary N) is 2. The average molecular weight is 403 g/mol. The Morgan fingerprint density at radius 2 is 1.93 bits per heavy atom. The van der Waals surface area contributed by atoms with Gasteiger partial charge in [-0.3, -0.25) is 4.79 Å². The van der Waals surface area contributed by atoms with Gasteiger partial charge in [-0.15, -0.1) is 11.3 Å². The van der Waals surface area contributed by atoms with Gasteiger partial charge in [-0.2, -0.15) is 0 Å². The van der Waals surface area contributed by atoms with E-state index in [1.54, 1.807) is 6.33 Å². The van der Waals surface area contributed by atoms with Crippen molar-refractivity contribution in [3.05, 3.63) is 16.8 Å². The van der Waals surface area contributed by atoms with Gasteiger partial charge in [-0.05, 0) is 38.2 Å². The Morgan fingerprint density at radius 1 is 1.14 bits per heavy atom. The summed E-state index contributed by atoms with van der Waals surface area (Å²) in [7, 11) is 0. The number of thiophene rings is 1. The van der Waals surface area contributed by atoms with E-state index in [9.17, 15) is 4.79 Å². The smallest absolute Gasteiger partial charge is 0.261 e. The number of fused-ring (bicyclic) bond motifs is 1. The summed E-state index contributed by atoms with van der Waals surface area (Å²) in [6, 6.07) is 0.292. The van der Waals surface area contributed by atoms with Crippen molar-refractivity contribution >= 4 is 33.3 Å². The van der Waals surface area contributed by atoms with Gasteiger partial charge in [0.25, 0.3) is 5.91 Å². The van der Waals surface area contributed by atoms with E-state index in [2.05, 4.69) is 20.6 Å². The zero-order chi connectivity index (χ0) is 19.3. The van der Waals surface area contributed by atoms with E-state index in [0.29, 0.717) is 6.04 Å². The number of amides is 1. The van der Waals surface area contributed by atoms with Gasteiger partial charge in [-0.1, -0.05) is 32.1 Å². The molecule has 2 aliphatic rings. The molecule has 0 radical (unpaired) electrons. The summed E-state index contributed by atoms with van der Waals surface area (Å²) in [6.07, 6.45) is 12.5. The lowest BCUT2D eigenvalue weighted by atomic mass is 9.96. The Bertz CT molecular complexity index is 808. The fourth-order valence-corrected chi connectivity index (χ4v) is 5.34. The molecule has 2 fully saturated rings. The van der Waals surface area contributed by atoms with Gasteiger partial charge in [0.05, 0.1) is 16.4 Å². The number of ether oxygens (including phenoxy) is 1. The maximum absolute atomic E-state index is 13.0. The highest BCUT2D eigenvalue weighted by molar-refractivity contribution is 7.20. The molecule has 0 bridgehead atoms. The molecule has 6 nitrogen and oxygen atoms in total. The summed E-state index contributed by atoms with van der Waals surface area (Å²) in [6.45, 7) is 3.59. The van der Waals surface area contributed by atoms with Crippen LogP contribution in [0.4, 0.5) is 5.82 Å². The molecule has 1 unspecified atom stereocenters. The van der Waals surface area contributed by atoms with Crippen LogP contribution in [0.15, 0.2) is 6.33 Å². The second-order valence-corrected chi connectivity index (χ2v) is 8.99. The average Bonchev–Trinajstić information content (AvgIpc) is 3.30. The van der Waals surface area contributed by atoms with Gasteiger partial charge >= 0.3 is 0 Å². The molecule has 152 valence electrons. The Kier molecular flexibility index (Phi) is 6.42. The molecule has 1 amide bonds. The van der Waals surface area contributed by atoms with E-state index >= 15 is 0 Å². The molecule has 1 atom stereocenters. The Labute approximate surface area is 170 Å². The first-order chi connectivity index (χ1) is 13.7. The zero-order valence-electron chi connectivity index (χ0n) is 16.6. The van der Waals surface area contributed by atoms with E-state index in [0.717, 1.165) is 65.3 Å². The molecular weight excluding hydrogens is 372 g/mol. The fourth-order valence-electron chi connectivity index (χ4n) is 4.29. The van der Waals surface area contributed by atoms with Crippen LogP contribution < -0.4 is 10.6 Å². The maximum Gasteiger partial charge on any atom is 0.261 e. The van der Waals surface area contributed by atoms with Crippen LogP contribution in [0.25, 0.3) is 10.2 Å². The van der Waals surface area contributed by atoms with Crippen LogP contribution in [0.1, 0.15) is 73.0 Å². The van der Waals surface area contributed by atoms with Gasteiger partial charge in [0.2, 0.25) is 0 Å². The standard InChI is InChI=1S/C21H30N4O2S/c1-14-17-19(22-12-16-10-7-11-27-16)23-13-24-21(17)28-18(14)20(26)25-15-8-5-3-2-4-6-9-15/h13,15-16H,2-12H2,1H3,(H,25,26)(H,22,23,24). The van der Waals surface area contributed by atoms with E-state index in [4.69, 9.17) is 4.74 Å². The number of hydrogen-bond donors (Lipinski definition) is 2. The van der Waals surface area contributed by atoms with Gasteiger partial charge in [0.15, 0.2) is 0 Å². The number of rotatable bonds is 5. The minimum absolute atomic E-state index is 0.0381. The third-order valence-corrected chi connectivity index (χ3v) is 7.09. The molecule has 3 heterocycles. The quantitative estimate of drug-likeness (QED) is 0.773. The second kappa shape index (κ2) is 9.18. The maximum atomic E-state index is 13.0. The third-order valence-electron chi connectivity index (χ3n) is 5.89. The number of anilines is 1. The van der Waals surface area contributed by atoms with Crippen LogP contribution in [-0.2, 0) is 4.74 Å². The van der Waals surface area contributed by atoms with E-state index in [-0.39, 0.29) is 12.0 Å². The SMILES string of the molecule is Cc1c(C(=O)NC2CCCCCCC2)sc2ncnc(NCC3CCCO3)c12. The normalized spacial score (nSPS) is 21.4. The molecule has 0 aromatic carbocycles. The molecule has 2 aromatic heterocycles. The Hall–Kier alpha value is -1.73. The van der Waals surface area contributed by atoms with Gasteiger partial charge in [-0.25, -0.2) is 9.97 Å². The number of aryl methyl sites for hydroxylation is 1. The first-order valence-electron chi connectivity index (χ1n) is 10.6. The van der Waals surface area contributed by atoms with Crippen molar-refractivity contribution in [2.45, 2.75) is 76.9 Å². The lowest BCUT2D eigenvalue weighted by molar-refractivity contribution is 0.0934. The van der Waals surface area contributed by atoms with Crippen LogP contribution in [0.2, 0.25) is 0 Å². The highest BCUT2D eigenvalue weighted by Gasteiger charge is 2.23. The summed E-state index contributed by atoms with van der Waals surface area (Å²) in [5, 5.41) is 7.67. The van der Waals surface area contributed by atoms with Crippen molar-refractivity contribution in [1.29, 1.82) is 0 Å². The minimum atomic E-state index is 0.0381. The molecule has 1 aliphatic carbocycles. The van der Waals surface area contributed by atoms with Crippen molar-refractivity contribution in [2.75, 3.05) is 18.5 Å². The summed E-state index contributed by atoms with van der Waals surface area (Å²) < 4.78 is 5.70. The van der Waals surface area contributed by atoms with Crippen molar-refractivity contribution < 1.29 is 9.53 Å². The van der Waals surface area contributed by atoms with Crippen LogP contribution in [0.3, 0.4) is 0 Å². The van der Waals surface area contributed by atoms with Crippen molar-refractivity contribution in [1.82, 2.24) is 15.3 Å². The number of aromatic nitrogens is 2. The molecule has 4 rings (SSSR count). The number of hydrogen-bond acceptors (Lipinski definition) is 6. The largest absolute Gasteiger partial charge is 0.376 e. The summed E-state index contributed by atoms with van der Waals surface area (Å²) in [5.74, 6) is 0.843. The predicted molar refractivity (Wildman–Crippen MR) is 113 cm³/mol. The molecule has 1 saturated carbocycles. The first-order valence-corrected chi connectivity index (χ1v) is 11.4. The third kappa shape index (κ3) is 4.46. The fraction of sp³-hybridized carbons (Fsp3) is 0.667. The number of carbonyl (C=O) groups excluding carboxylic acids is 1. The summed E-state index contributed by atoms with van der Waals surface area (Å²) in [5.41, 5.74) is 0.971. The zero-order valence-corrected chi connectivity index (χ0v) is 17.4. The van der Waals surface area contributed by atoms with Crippen molar-refractivity contribution in [3.8, 4) is 0 Å². The van der Waals surface area contributed by atoms with Crippen molar-refractivity contribution in [2.24, 2.45) is 0 Å². The summed E-state index contributed by atoms with van der Waals surface area (Å²) in [4.78, 5) is 23.5. The molecule has 2 aromatic rings. The van der Waals surface area contributed by atoms with Crippen LogP contribution >= 0.6 is 11.3 Å². The monoisotopic (exact) mass is 402 g/mol. The second-order valence-electron chi connectivity index (χ2n) is 7.99. The molecule has 0 spiro atoms. The van der Waals surface area contributed by atoms with Crippen LogP contribution in [0, 0.1) is 6.92 Å². The highest BCUT2D eigenvalue weighted by atomic mass is 32.1. The molecular formula is C21H30N4O2S. The number of nitrogens with zero attached hydrogens (tertiary/aromatic N) is 2. The predicted octanol–water partition coefficient (Wildman–Crippen LogP) is 4.43. The molecule has 2 N–H and O–H groups in total. The molecule has 7 heteroatoms. The van der Waals surface area contributed by atoms with E-state index in [1.165, 1.54) is 43.4 Å².